The molecular weight excluding hydrogens is 324 g/mol. The molecule has 0 aromatic heterocycles. The summed E-state index contributed by atoms with van der Waals surface area (Å²) in [4.78, 5) is 13.8. The molecule has 1 fully saturated rings. The van der Waals surface area contributed by atoms with Crippen LogP contribution in [0.2, 0.25) is 5.02 Å². The molecule has 120 valence electrons. The van der Waals surface area contributed by atoms with E-state index in [2.05, 4.69) is 6.58 Å². The molecule has 1 heterocycles. The van der Waals surface area contributed by atoms with E-state index in [4.69, 9.17) is 11.6 Å². The first-order valence-corrected chi connectivity index (χ1v) is 8.91. The van der Waals surface area contributed by atoms with Gasteiger partial charge in [-0.3, -0.25) is 4.79 Å². The lowest BCUT2D eigenvalue weighted by atomic mass is 10.2. The van der Waals surface area contributed by atoms with Crippen LogP contribution in [-0.4, -0.2) is 49.7 Å². The number of carbonyl (C=O) groups excluding carboxylic acids is 1. The molecule has 0 aliphatic carbocycles. The largest absolute Gasteiger partial charge is 0.340 e. The van der Waals surface area contributed by atoms with Gasteiger partial charge in [-0.05, 0) is 30.7 Å². The van der Waals surface area contributed by atoms with E-state index in [0.29, 0.717) is 44.0 Å². The molecule has 0 unspecified atom stereocenters. The molecular formula is C15H19ClN2O3S. The van der Waals surface area contributed by atoms with Gasteiger partial charge in [0, 0.05) is 37.6 Å². The van der Waals surface area contributed by atoms with Gasteiger partial charge in [-0.25, -0.2) is 8.42 Å². The lowest BCUT2D eigenvalue weighted by Crippen LogP contribution is -2.50. The van der Waals surface area contributed by atoms with E-state index in [-0.39, 0.29) is 10.8 Å². The van der Waals surface area contributed by atoms with E-state index in [1.54, 1.807) is 23.1 Å². The van der Waals surface area contributed by atoms with Crippen molar-refractivity contribution < 1.29 is 13.2 Å². The summed E-state index contributed by atoms with van der Waals surface area (Å²) in [6.07, 6.45) is 2.77. The van der Waals surface area contributed by atoms with Crippen LogP contribution >= 0.6 is 11.6 Å². The van der Waals surface area contributed by atoms with Crippen LogP contribution in [0.5, 0.6) is 0 Å². The van der Waals surface area contributed by atoms with Crippen LogP contribution in [0.15, 0.2) is 41.8 Å². The first-order valence-electron chi connectivity index (χ1n) is 7.09. The molecule has 0 atom stereocenters. The number of halogens is 1. The van der Waals surface area contributed by atoms with Crippen molar-refractivity contribution in [3.63, 3.8) is 0 Å². The third-order valence-corrected chi connectivity index (χ3v) is 5.77. The molecule has 2 rings (SSSR count). The van der Waals surface area contributed by atoms with Crippen LogP contribution in [0.1, 0.15) is 12.8 Å². The van der Waals surface area contributed by atoms with E-state index < -0.39 is 10.0 Å². The molecule has 1 aliphatic rings. The summed E-state index contributed by atoms with van der Waals surface area (Å²) in [5, 5.41) is 0.497. The van der Waals surface area contributed by atoms with Crippen molar-refractivity contribution in [2.45, 2.75) is 17.7 Å². The summed E-state index contributed by atoms with van der Waals surface area (Å²) in [5.74, 6) is 0.0449. The minimum absolute atomic E-state index is 0.0449. The molecule has 0 radical (unpaired) electrons. The highest BCUT2D eigenvalue weighted by molar-refractivity contribution is 7.89. The SMILES string of the molecule is C=CCCC(=O)N1CCN(S(=O)(=O)c2ccc(Cl)cc2)CC1. The molecule has 1 amide bonds. The van der Waals surface area contributed by atoms with Crippen molar-refractivity contribution in [3.8, 4) is 0 Å². The maximum Gasteiger partial charge on any atom is 0.243 e. The minimum Gasteiger partial charge on any atom is -0.340 e. The number of carbonyl (C=O) groups is 1. The standard InChI is InChI=1S/C15H19ClN2O3S/c1-2-3-4-15(19)17-9-11-18(12-10-17)22(20,21)14-7-5-13(16)6-8-14/h2,5-8H,1,3-4,9-12H2. The maximum atomic E-state index is 12.5. The zero-order valence-electron chi connectivity index (χ0n) is 12.2. The maximum absolute atomic E-state index is 12.5. The minimum atomic E-state index is -3.52. The summed E-state index contributed by atoms with van der Waals surface area (Å²) in [7, 11) is -3.52. The van der Waals surface area contributed by atoms with Gasteiger partial charge in [0.25, 0.3) is 0 Å². The van der Waals surface area contributed by atoms with E-state index >= 15 is 0 Å². The van der Waals surface area contributed by atoms with Gasteiger partial charge in [0.2, 0.25) is 15.9 Å². The van der Waals surface area contributed by atoms with Crippen LogP contribution in [-0.2, 0) is 14.8 Å². The second-order valence-electron chi connectivity index (χ2n) is 5.07. The summed E-state index contributed by atoms with van der Waals surface area (Å²) in [5.41, 5.74) is 0. The first-order chi connectivity index (χ1) is 10.4. The molecule has 5 nitrogen and oxygen atoms in total. The monoisotopic (exact) mass is 342 g/mol. The Morgan fingerprint density at radius 1 is 1.18 bits per heavy atom. The molecule has 1 aromatic rings. The molecule has 1 aromatic carbocycles. The van der Waals surface area contributed by atoms with Gasteiger partial charge in [-0.2, -0.15) is 4.31 Å². The van der Waals surface area contributed by atoms with Gasteiger partial charge in [0.15, 0.2) is 0 Å². The average molecular weight is 343 g/mol. The summed E-state index contributed by atoms with van der Waals surface area (Å²) in [6.45, 7) is 5.05. The van der Waals surface area contributed by atoms with Crippen molar-refractivity contribution in [1.82, 2.24) is 9.21 Å². The van der Waals surface area contributed by atoms with Crippen molar-refractivity contribution in [3.05, 3.63) is 41.9 Å². The zero-order valence-corrected chi connectivity index (χ0v) is 13.8. The Bertz CT molecular complexity index is 635. The second-order valence-corrected chi connectivity index (χ2v) is 7.44. The highest BCUT2D eigenvalue weighted by atomic mass is 35.5. The molecule has 7 heteroatoms. The summed E-state index contributed by atoms with van der Waals surface area (Å²) in [6, 6.07) is 6.12. The number of benzene rings is 1. The third kappa shape index (κ3) is 3.88. The van der Waals surface area contributed by atoms with Gasteiger partial charge < -0.3 is 4.90 Å². The Labute approximate surface area is 136 Å². The number of piperazine rings is 1. The predicted molar refractivity (Wildman–Crippen MR) is 86.2 cm³/mol. The van der Waals surface area contributed by atoms with Crippen LogP contribution in [0.4, 0.5) is 0 Å². The van der Waals surface area contributed by atoms with E-state index in [1.807, 2.05) is 0 Å². The van der Waals surface area contributed by atoms with E-state index in [0.717, 1.165) is 0 Å². The quantitative estimate of drug-likeness (QED) is 0.770. The van der Waals surface area contributed by atoms with Gasteiger partial charge in [0.05, 0.1) is 4.90 Å². The lowest BCUT2D eigenvalue weighted by molar-refractivity contribution is -0.132. The second kappa shape index (κ2) is 7.26. The number of sulfonamides is 1. The average Bonchev–Trinajstić information content (AvgIpc) is 2.53. The molecule has 0 spiro atoms. The molecule has 1 saturated heterocycles. The van der Waals surface area contributed by atoms with Gasteiger partial charge >= 0.3 is 0 Å². The van der Waals surface area contributed by atoms with Crippen molar-refractivity contribution >= 4 is 27.5 Å². The fraction of sp³-hybridized carbons (Fsp3) is 0.400. The fourth-order valence-electron chi connectivity index (χ4n) is 2.32. The number of hydrogen-bond acceptors (Lipinski definition) is 3. The number of hydrogen-bond donors (Lipinski definition) is 0. The van der Waals surface area contributed by atoms with Crippen LogP contribution in [0.3, 0.4) is 0 Å². The normalized spacial score (nSPS) is 16.5. The highest BCUT2D eigenvalue weighted by Crippen LogP contribution is 2.20. The Kier molecular flexibility index (Phi) is 5.61. The third-order valence-electron chi connectivity index (χ3n) is 3.61. The Balaban J connectivity index is 2.00. The molecule has 1 aliphatic heterocycles. The van der Waals surface area contributed by atoms with Gasteiger partial charge in [-0.1, -0.05) is 17.7 Å². The summed E-state index contributed by atoms with van der Waals surface area (Å²) >= 11 is 5.78. The Hall–Kier alpha value is -1.37. The predicted octanol–water partition coefficient (Wildman–Crippen LogP) is 2.14. The first kappa shape index (κ1) is 17.0. The van der Waals surface area contributed by atoms with Crippen molar-refractivity contribution in [1.29, 1.82) is 0 Å². The lowest BCUT2D eigenvalue weighted by Gasteiger charge is -2.34. The molecule has 0 saturated carbocycles. The Morgan fingerprint density at radius 2 is 1.77 bits per heavy atom. The van der Waals surface area contributed by atoms with Crippen molar-refractivity contribution in [2.75, 3.05) is 26.2 Å². The van der Waals surface area contributed by atoms with Gasteiger partial charge in [0.1, 0.15) is 0 Å². The Morgan fingerprint density at radius 3 is 2.32 bits per heavy atom. The fourth-order valence-corrected chi connectivity index (χ4v) is 3.87. The topological polar surface area (TPSA) is 57.7 Å². The van der Waals surface area contributed by atoms with Crippen LogP contribution in [0, 0.1) is 0 Å². The number of nitrogens with zero attached hydrogens (tertiary/aromatic N) is 2. The van der Waals surface area contributed by atoms with E-state index in [9.17, 15) is 13.2 Å². The zero-order chi connectivity index (χ0) is 16.2. The van der Waals surface area contributed by atoms with Crippen molar-refractivity contribution in [2.24, 2.45) is 0 Å². The van der Waals surface area contributed by atoms with Crippen LogP contribution in [0.25, 0.3) is 0 Å². The molecule has 22 heavy (non-hydrogen) atoms. The van der Waals surface area contributed by atoms with Crippen LogP contribution < -0.4 is 0 Å². The smallest absolute Gasteiger partial charge is 0.243 e. The highest BCUT2D eigenvalue weighted by Gasteiger charge is 2.29. The number of allylic oxidation sites excluding steroid dienone is 1. The number of amides is 1. The molecule has 0 bridgehead atoms. The van der Waals surface area contributed by atoms with Gasteiger partial charge in [-0.15, -0.1) is 6.58 Å². The number of rotatable bonds is 5. The van der Waals surface area contributed by atoms with E-state index in [1.165, 1.54) is 16.4 Å². The molecule has 0 N–H and O–H groups in total. The summed E-state index contributed by atoms with van der Waals surface area (Å²) < 4.78 is 26.4.